The number of amides is 1. The Kier molecular flexibility index (Phi) is 5.95. The fourth-order valence-corrected chi connectivity index (χ4v) is 4.34. The van der Waals surface area contributed by atoms with E-state index in [1.807, 2.05) is 33.3 Å². The minimum atomic E-state index is -0.322. The van der Waals surface area contributed by atoms with Gasteiger partial charge in [0.1, 0.15) is 11.9 Å². The van der Waals surface area contributed by atoms with E-state index in [0.717, 1.165) is 46.9 Å². The topological polar surface area (TPSA) is 75.9 Å². The van der Waals surface area contributed by atoms with Crippen LogP contribution < -0.4 is 10.2 Å². The maximum Gasteiger partial charge on any atom is 0.247 e. The molecule has 1 atom stereocenters. The molecule has 0 saturated carbocycles. The average Bonchev–Trinajstić information content (AvgIpc) is 3.17. The van der Waals surface area contributed by atoms with E-state index in [4.69, 9.17) is 4.98 Å². The van der Waals surface area contributed by atoms with E-state index in [1.165, 1.54) is 6.20 Å². The summed E-state index contributed by atoms with van der Waals surface area (Å²) in [6, 6.07) is 3.61. The molecule has 7 nitrogen and oxygen atoms in total. The number of hydrogen-bond acceptors (Lipinski definition) is 5. The van der Waals surface area contributed by atoms with Crippen molar-refractivity contribution < 1.29 is 9.18 Å². The van der Waals surface area contributed by atoms with Crippen molar-refractivity contribution in [3.63, 3.8) is 0 Å². The van der Waals surface area contributed by atoms with E-state index in [0.29, 0.717) is 12.1 Å². The third-order valence-electron chi connectivity index (χ3n) is 5.94. The van der Waals surface area contributed by atoms with Gasteiger partial charge in [-0.3, -0.25) is 19.4 Å². The number of aryl methyl sites for hydroxylation is 4. The number of halogens is 1. The molecule has 0 saturated heterocycles. The van der Waals surface area contributed by atoms with Gasteiger partial charge >= 0.3 is 0 Å². The number of pyridine rings is 2. The van der Waals surface area contributed by atoms with Crippen LogP contribution in [0.1, 0.15) is 42.1 Å². The molecule has 1 N–H and O–H groups in total. The summed E-state index contributed by atoms with van der Waals surface area (Å²) in [4.78, 5) is 23.3. The summed E-state index contributed by atoms with van der Waals surface area (Å²) in [5.74, 6) is -0.108. The average molecular weight is 437 g/mol. The molecule has 4 heterocycles. The van der Waals surface area contributed by atoms with Crippen molar-refractivity contribution in [3.8, 4) is 0 Å². The third-order valence-corrected chi connectivity index (χ3v) is 5.94. The molecule has 0 fully saturated rings. The van der Waals surface area contributed by atoms with E-state index in [2.05, 4.69) is 40.2 Å². The summed E-state index contributed by atoms with van der Waals surface area (Å²) < 4.78 is 15.7. The maximum atomic E-state index is 14.0. The van der Waals surface area contributed by atoms with E-state index in [9.17, 15) is 9.18 Å². The van der Waals surface area contributed by atoms with Crippen LogP contribution in [0.15, 0.2) is 30.7 Å². The molecule has 0 aliphatic carbocycles. The zero-order valence-corrected chi connectivity index (χ0v) is 19.2. The highest BCUT2D eigenvalue weighted by Crippen LogP contribution is 2.35. The van der Waals surface area contributed by atoms with Crippen molar-refractivity contribution >= 4 is 17.3 Å². The minimum absolute atomic E-state index is 0.0147. The zero-order chi connectivity index (χ0) is 23.0. The van der Waals surface area contributed by atoms with Crippen LogP contribution in [0.3, 0.4) is 0 Å². The normalized spacial score (nSPS) is 15.8. The largest absolute Gasteiger partial charge is 0.361 e. The van der Waals surface area contributed by atoms with Crippen LogP contribution in [0.5, 0.6) is 0 Å². The Bertz CT molecular complexity index is 1160. The van der Waals surface area contributed by atoms with Gasteiger partial charge in [0.2, 0.25) is 5.91 Å². The zero-order valence-electron chi connectivity index (χ0n) is 19.2. The lowest BCUT2D eigenvalue weighted by atomic mass is 9.97. The standard InChI is InChI=1S/C24H29FN6O/c1-14(2)23-24(32)29-22-16(4)28-19(9-21(22)30(23)5)7-6-17-10-27-31(12-17)13-18-8-15(3)26-11-20(18)25/h8-12,14,23H,6-7,13H2,1-5H3,(H,29,32)/t23-/m0/s1. The molecule has 8 heteroatoms. The van der Waals surface area contributed by atoms with Gasteiger partial charge < -0.3 is 10.2 Å². The van der Waals surface area contributed by atoms with Gasteiger partial charge in [-0.25, -0.2) is 4.39 Å². The molecule has 0 bridgehead atoms. The molecule has 1 amide bonds. The second kappa shape index (κ2) is 8.68. The number of aromatic nitrogens is 4. The molecule has 1 aliphatic rings. The van der Waals surface area contributed by atoms with E-state index < -0.39 is 0 Å². The lowest BCUT2D eigenvalue weighted by Gasteiger charge is -2.38. The second-order valence-electron chi connectivity index (χ2n) is 8.85. The fourth-order valence-electron chi connectivity index (χ4n) is 4.34. The van der Waals surface area contributed by atoms with Gasteiger partial charge in [0, 0.05) is 30.2 Å². The maximum absolute atomic E-state index is 14.0. The second-order valence-corrected chi connectivity index (χ2v) is 8.85. The van der Waals surface area contributed by atoms with Gasteiger partial charge in [0.15, 0.2) is 0 Å². The molecule has 32 heavy (non-hydrogen) atoms. The molecule has 3 aromatic rings. The van der Waals surface area contributed by atoms with Crippen LogP contribution in [0.25, 0.3) is 0 Å². The predicted octanol–water partition coefficient (Wildman–Crippen LogP) is 3.68. The van der Waals surface area contributed by atoms with Gasteiger partial charge in [-0.2, -0.15) is 5.10 Å². The number of hydrogen-bond donors (Lipinski definition) is 1. The van der Waals surface area contributed by atoms with E-state index in [1.54, 1.807) is 10.7 Å². The summed E-state index contributed by atoms with van der Waals surface area (Å²) in [7, 11) is 1.97. The van der Waals surface area contributed by atoms with Gasteiger partial charge in [0.05, 0.1) is 36.0 Å². The number of nitrogens with one attached hydrogen (secondary N) is 1. The quantitative estimate of drug-likeness (QED) is 0.638. The molecular weight excluding hydrogens is 407 g/mol. The Labute approximate surface area is 187 Å². The molecule has 4 rings (SSSR count). The lowest BCUT2D eigenvalue weighted by molar-refractivity contribution is -0.118. The molecule has 3 aromatic heterocycles. The van der Waals surface area contributed by atoms with Crippen molar-refractivity contribution in [2.24, 2.45) is 5.92 Å². The van der Waals surface area contributed by atoms with Crippen LogP contribution >= 0.6 is 0 Å². The highest BCUT2D eigenvalue weighted by molar-refractivity contribution is 6.04. The highest BCUT2D eigenvalue weighted by atomic mass is 19.1. The van der Waals surface area contributed by atoms with Crippen LogP contribution in [0, 0.1) is 25.6 Å². The Morgan fingerprint density at radius 3 is 2.72 bits per heavy atom. The molecule has 0 unspecified atom stereocenters. The van der Waals surface area contributed by atoms with Crippen molar-refractivity contribution in [3.05, 3.63) is 64.7 Å². The Hall–Kier alpha value is -3.29. The SMILES string of the molecule is Cc1cc(Cn2cc(CCc3cc4c(c(C)n3)NC(=O)[C@H](C(C)C)N4C)cn2)c(F)cn1. The van der Waals surface area contributed by atoms with Crippen LogP contribution in [0.4, 0.5) is 15.8 Å². The van der Waals surface area contributed by atoms with Gasteiger partial charge in [-0.05, 0) is 50.3 Å². The minimum Gasteiger partial charge on any atom is -0.361 e. The first kappa shape index (κ1) is 21.9. The van der Waals surface area contributed by atoms with Crippen LogP contribution in [-0.4, -0.2) is 38.7 Å². The number of likely N-dealkylation sites (N-methyl/N-ethyl adjacent to an activating group) is 1. The van der Waals surface area contributed by atoms with Gasteiger partial charge in [-0.15, -0.1) is 0 Å². The first-order valence-corrected chi connectivity index (χ1v) is 10.9. The first-order valence-electron chi connectivity index (χ1n) is 10.9. The number of fused-ring (bicyclic) bond motifs is 1. The summed E-state index contributed by atoms with van der Waals surface area (Å²) in [6.45, 7) is 8.24. The number of carbonyl (C=O) groups excluding carboxylic acids is 1. The number of nitrogens with zero attached hydrogens (tertiary/aromatic N) is 5. The number of rotatable bonds is 6. The molecule has 0 radical (unpaired) electrons. The van der Waals surface area contributed by atoms with Gasteiger partial charge in [-0.1, -0.05) is 13.8 Å². The summed E-state index contributed by atoms with van der Waals surface area (Å²) in [5, 5.41) is 7.42. The van der Waals surface area contributed by atoms with Crippen LogP contribution in [0.2, 0.25) is 0 Å². The van der Waals surface area contributed by atoms with Crippen LogP contribution in [-0.2, 0) is 24.2 Å². The molecule has 1 aliphatic heterocycles. The molecular formula is C24H29FN6O. The smallest absolute Gasteiger partial charge is 0.247 e. The van der Waals surface area contributed by atoms with E-state index in [-0.39, 0.29) is 23.7 Å². The lowest BCUT2D eigenvalue weighted by Crippen LogP contribution is -2.49. The highest BCUT2D eigenvalue weighted by Gasteiger charge is 2.34. The van der Waals surface area contributed by atoms with Crippen molar-refractivity contribution in [2.45, 2.75) is 53.1 Å². The predicted molar refractivity (Wildman–Crippen MR) is 122 cm³/mol. The number of anilines is 2. The molecule has 168 valence electrons. The van der Waals surface area contributed by atoms with Gasteiger partial charge in [0.25, 0.3) is 0 Å². The summed E-state index contributed by atoms with van der Waals surface area (Å²) in [5.41, 5.74) is 6.00. The Morgan fingerprint density at radius 1 is 1.19 bits per heavy atom. The Morgan fingerprint density at radius 2 is 1.97 bits per heavy atom. The third kappa shape index (κ3) is 4.35. The summed E-state index contributed by atoms with van der Waals surface area (Å²) >= 11 is 0. The fraction of sp³-hybridized carbons (Fsp3) is 0.417. The monoisotopic (exact) mass is 436 g/mol. The number of carbonyl (C=O) groups is 1. The van der Waals surface area contributed by atoms with Crippen molar-refractivity contribution in [2.75, 3.05) is 17.3 Å². The molecule has 0 aromatic carbocycles. The molecule has 0 spiro atoms. The summed E-state index contributed by atoms with van der Waals surface area (Å²) in [6.07, 6.45) is 6.53. The van der Waals surface area contributed by atoms with Crippen molar-refractivity contribution in [1.82, 2.24) is 19.7 Å². The van der Waals surface area contributed by atoms with Crippen molar-refractivity contribution in [1.29, 1.82) is 0 Å². The Balaban J connectivity index is 1.48. The first-order chi connectivity index (χ1) is 15.2. The van der Waals surface area contributed by atoms with E-state index >= 15 is 0 Å².